The first-order valence-corrected chi connectivity index (χ1v) is 6.73. The zero-order valence-corrected chi connectivity index (χ0v) is 11.0. The summed E-state index contributed by atoms with van der Waals surface area (Å²) in [6, 6.07) is -1.69. The van der Waals surface area contributed by atoms with Crippen molar-refractivity contribution in [2.24, 2.45) is 0 Å². The van der Waals surface area contributed by atoms with Gasteiger partial charge in [0.1, 0.15) is 6.04 Å². The van der Waals surface area contributed by atoms with E-state index in [2.05, 4.69) is 15.5 Å². The largest absolute Gasteiger partial charge is 0.481 e. The van der Waals surface area contributed by atoms with Gasteiger partial charge in [0.05, 0.1) is 6.42 Å². The highest BCUT2D eigenvalue weighted by atomic mass is 16.4. The normalized spacial score (nSPS) is 26.8. The number of carbonyl (C=O) groups is 3. The van der Waals surface area contributed by atoms with Gasteiger partial charge in [0.25, 0.3) is 0 Å². The number of carboxylic acid groups (broad SMARTS) is 2. The van der Waals surface area contributed by atoms with Gasteiger partial charge in [-0.1, -0.05) is 0 Å². The van der Waals surface area contributed by atoms with Crippen molar-refractivity contribution >= 4 is 18.0 Å². The molecule has 112 valence electrons. The number of urea groups is 1. The number of aliphatic carboxylic acids is 2. The first-order valence-electron chi connectivity index (χ1n) is 6.73. The Morgan fingerprint density at radius 2 is 1.95 bits per heavy atom. The highest BCUT2D eigenvalue weighted by Gasteiger charge is 2.38. The van der Waals surface area contributed by atoms with Crippen LogP contribution < -0.4 is 10.6 Å². The molecule has 8 heteroatoms. The highest BCUT2D eigenvalue weighted by molar-refractivity contribution is 5.86. The van der Waals surface area contributed by atoms with Gasteiger partial charge in [0.15, 0.2) is 0 Å². The van der Waals surface area contributed by atoms with Crippen LogP contribution in [0.25, 0.3) is 0 Å². The van der Waals surface area contributed by atoms with E-state index < -0.39 is 30.4 Å². The Kier molecular flexibility index (Phi) is 4.43. The smallest absolute Gasteiger partial charge is 0.326 e. The summed E-state index contributed by atoms with van der Waals surface area (Å²) in [4.78, 5) is 35.5. The average Bonchev–Trinajstić information content (AvgIpc) is 2.92. The van der Waals surface area contributed by atoms with Crippen LogP contribution in [0.5, 0.6) is 0 Å². The predicted molar refractivity (Wildman–Crippen MR) is 68.3 cm³/mol. The maximum absolute atomic E-state index is 11.8. The minimum Gasteiger partial charge on any atom is -0.481 e. The Morgan fingerprint density at radius 3 is 2.60 bits per heavy atom. The third-order valence-corrected chi connectivity index (χ3v) is 3.90. The van der Waals surface area contributed by atoms with Crippen LogP contribution in [-0.4, -0.2) is 64.3 Å². The van der Waals surface area contributed by atoms with Crippen molar-refractivity contribution in [1.82, 2.24) is 15.5 Å². The first-order chi connectivity index (χ1) is 9.47. The highest BCUT2D eigenvalue weighted by Crippen LogP contribution is 2.27. The molecule has 8 nitrogen and oxygen atoms in total. The lowest BCUT2D eigenvalue weighted by Crippen LogP contribution is -2.51. The average molecular weight is 285 g/mol. The fourth-order valence-electron chi connectivity index (χ4n) is 2.99. The second-order valence-corrected chi connectivity index (χ2v) is 5.25. The molecule has 2 saturated heterocycles. The zero-order chi connectivity index (χ0) is 14.7. The molecule has 20 heavy (non-hydrogen) atoms. The number of fused-ring (bicyclic) bond motifs is 1. The molecule has 2 fully saturated rings. The summed E-state index contributed by atoms with van der Waals surface area (Å²) in [5.74, 6) is -2.61. The topological polar surface area (TPSA) is 119 Å². The zero-order valence-electron chi connectivity index (χ0n) is 11.0. The molecule has 3 atom stereocenters. The summed E-state index contributed by atoms with van der Waals surface area (Å²) in [5.41, 5.74) is 0. The molecule has 0 aromatic rings. The molecule has 2 heterocycles. The van der Waals surface area contributed by atoms with E-state index in [0.29, 0.717) is 6.04 Å². The summed E-state index contributed by atoms with van der Waals surface area (Å²) in [6.07, 6.45) is 2.35. The lowest BCUT2D eigenvalue weighted by molar-refractivity contribution is -0.145. The van der Waals surface area contributed by atoms with Crippen molar-refractivity contribution in [1.29, 1.82) is 0 Å². The van der Waals surface area contributed by atoms with Crippen molar-refractivity contribution in [2.45, 2.75) is 43.8 Å². The minimum absolute atomic E-state index is 0.0109. The van der Waals surface area contributed by atoms with Crippen LogP contribution in [-0.2, 0) is 9.59 Å². The molecule has 2 amide bonds. The number of carboxylic acids is 2. The summed E-state index contributed by atoms with van der Waals surface area (Å²) in [7, 11) is 0. The molecule has 4 N–H and O–H groups in total. The maximum Gasteiger partial charge on any atom is 0.326 e. The Labute approximate surface area is 116 Å². The molecule has 0 aromatic carbocycles. The Hall–Kier alpha value is -1.83. The van der Waals surface area contributed by atoms with E-state index >= 15 is 0 Å². The van der Waals surface area contributed by atoms with Crippen LogP contribution in [0.3, 0.4) is 0 Å². The lowest BCUT2D eigenvalue weighted by atomic mass is 10.1. The molecule has 0 aliphatic carbocycles. The Morgan fingerprint density at radius 1 is 1.20 bits per heavy atom. The van der Waals surface area contributed by atoms with E-state index in [0.717, 1.165) is 32.4 Å². The number of carbonyl (C=O) groups excluding carboxylic acids is 1. The molecule has 2 aliphatic rings. The van der Waals surface area contributed by atoms with Gasteiger partial charge in [-0.2, -0.15) is 0 Å². The fourth-order valence-corrected chi connectivity index (χ4v) is 2.99. The van der Waals surface area contributed by atoms with E-state index in [1.165, 1.54) is 0 Å². The maximum atomic E-state index is 11.8. The van der Waals surface area contributed by atoms with E-state index in [1.807, 2.05) is 0 Å². The number of rotatable bonds is 5. The van der Waals surface area contributed by atoms with Crippen LogP contribution in [0, 0.1) is 0 Å². The standard InChI is InChI=1S/C12H19N3O5/c16-10(17)6-8(11(18)19)14-12(20)13-7-3-5-15-4-1-2-9(7)15/h7-9H,1-6H2,(H,16,17)(H,18,19)(H2,13,14,20)/t7?,8-,9?/m1/s1. The van der Waals surface area contributed by atoms with Gasteiger partial charge in [-0.3, -0.25) is 9.69 Å². The molecule has 0 radical (unpaired) electrons. The van der Waals surface area contributed by atoms with Gasteiger partial charge in [-0.05, 0) is 25.8 Å². The molecule has 0 aromatic heterocycles. The van der Waals surface area contributed by atoms with Gasteiger partial charge in [-0.15, -0.1) is 0 Å². The van der Waals surface area contributed by atoms with E-state index in [9.17, 15) is 14.4 Å². The van der Waals surface area contributed by atoms with Gasteiger partial charge in [0.2, 0.25) is 0 Å². The molecule has 0 saturated carbocycles. The van der Waals surface area contributed by atoms with Crippen molar-refractivity contribution in [2.75, 3.05) is 13.1 Å². The second-order valence-electron chi connectivity index (χ2n) is 5.25. The molecule has 2 rings (SSSR count). The van der Waals surface area contributed by atoms with Gasteiger partial charge >= 0.3 is 18.0 Å². The van der Waals surface area contributed by atoms with Crippen LogP contribution >= 0.6 is 0 Å². The SMILES string of the molecule is O=C(O)C[C@@H](NC(=O)NC1CCN2CCCC12)C(=O)O. The van der Waals surface area contributed by atoms with Crippen molar-refractivity contribution < 1.29 is 24.6 Å². The summed E-state index contributed by atoms with van der Waals surface area (Å²) in [6.45, 7) is 1.98. The molecular weight excluding hydrogens is 266 g/mol. The van der Waals surface area contributed by atoms with Crippen molar-refractivity contribution in [3.05, 3.63) is 0 Å². The molecular formula is C12H19N3O5. The quantitative estimate of drug-likeness (QED) is 0.538. The molecule has 2 aliphatic heterocycles. The van der Waals surface area contributed by atoms with E-state index in [4.69, 9.17) is 10.2 Å². The third kappa shape index (κ3) is 3.38. The van der Waals surface area contributed by atoms with E-state index in [-0.39, 0.29) is 6.04 Å². The Bertz CT molecular complexity index is 414. The number of hydrogen-bond donors (Lipinski definition) is 4. The molecule has 0 spiro atoms. The number of hydrogen-bond acceptors (Lipinski definition) is 4. The number of amides is 2. The number of nitrogens with zero attached hydrogens (tertiary/aromatic N) is 1. The fraction of sp³-hybridized carbons (Fsp3) is 0.750. The summed E-state index contributed by atoms with van der Waals surface area (Å²) < 4.78 is 0. The van der Waals surface area contributed by atoms with Gasteiger partial charge < -0.3 is 20.8 Å². The van der Waals surface area contributed by atoms with E-state index in [1.54, 1.807) is 0 Å². The first kappa shape index (κ1) is 14.6. The van der Waals surface area contributed by atoms with Crippen LogP contribution in [0.15, 0.2) is 0 Å². The second kappa shape index (κ2) is 6.08. The number of nitrogens with one attached hydrogen (secondary N) is 2. The summed E-state index contributed by atoms with van der Waals surface area (Å²) in [5, 5.41) is 22.4. The Balaban J connectivity index is 1.85. The summed E-state index contributed by atoms with van der Waals surface area (Å²) >= 11 is 0. The van der Waals surface area contributed by atoms with Gasteiger partial charge in [0, 0.05) is 18.6 Å². The van der Waals surface area contributed by atoms with Crippen molar-refractivity contribution in [3.8, 4) is 0 Å². The third-order valence-electron chi connectivity index (χ3n) is 3.90. The lowest BCUT2D eigenvalue weighted by Gasteiger charge is -2.22. The van der Waals surface area contributed by atoms with Crippen molar-refractivity contribution in [3.63, 3.8) is 0 Å². The van der Waals surface area contributed by atoms with Crippen LogP contribution in [0.2, 0.25) is 0 Å². The van der Waals surface area contributed by atoms with Crippen LogP contribution in [0.1, 0.15) is 25.7 Å². The van der Waals surface area contributed by atoms with Gasteiger partial charge in [-0.25, -0.2) is 9.59 Å². The monoisotopic (exact) mass is 285 g/mol. The minimum atomic E-state index is -1.41. The van der Waals surface area contributed by atoms with Crippen LogP contribution in [0.4, 0.5) is 4.79 Å². The molecule has 2 unspecified atom stereocenters. The molecule has 0 bridgehead atoms. The predicted octanol–water partition coefficient (Wildman–Crippen LogP) is -0.550.